The van der Waals surface area contributed by atoms with Crippen LogP contribution in [0.2, 0.25) is 0 Å². The molecule has 29 heavy (non-hydrogen) atoms. The van der Waals surface area contributed by atoms with Gasteiger partial charge >= 0.3 is 6.09 Å². The SMILES string of the molecule is CCOC(=O)N1CCC(NC(N)=NCc2ccnc(N3CCCCC3)c2)CC1.I. The van der Waals surface area contributed by atoms with Crippen LogP contribution >= 0.6 is 24.0 Å². The third-order valence-electron chi connectivity index (χ3n) is 5.29. The van der Waals surface area contributed by atoms with E-state index >= 15 is 0 Å². The number of halogens is 1. The van der Waals surface area contributed by atoms with Crippen molar-refractivity contribution in [3.05, 3.63) is 23.9 Å². The number of aromatic nitrogens is 1. The maximum absolute atomic E-state index is 11.8. The molecule has 0 spiro atoms. The Kier molecular flexibility index (Phi) is 9.75. The third kappa shape index (κ3) is 7.20. The van der Waals surface area contributed by atoms with Crippen LogP contribution in [0.5, 0.6) is 0 Å². The quantitative estimate of drug-likeness (QED) is 0.355. The molecule has 2 aliphatic heterocycles. The zero-order chi connectivity index (χ0) is 19.8. The lowest BCUT2D eigenvalue weighted by Crippen LogP contribution is -2.48. The molecule has 2 aliphatic rings. The minimum absolute atomic E-state index is 0. The largest absolute Gasteiger partial charge is 0.450 e. The van der Waals surface area contributed by atoms with Crippen LogP contribution in [0.3, 0.4) is 0 Å². The van der Waals surface area contributed by atoms with Crippen LogP contribution in [0.4, 0.5) is 10.6 Å². The van der Waals surface area contributed by atoms with Crippen LogP contribution in [0.15, 0.2) is 23.3 Å². The fraction of sp³-hybridized carbons (Fsp3) is 0.650. The van der Waals surface area contributed by atoms with E-state index in [1.807, 2.05) is 19.2 Å². The van der Waals surface area contributed by atoms with Crippen molar-refractivity contribution in [2.45, 2.75) is 51.6 Å². The number of rotatable bonds is 5. The third-order valence-corrected chi connectivity index (χ3v) is 5.29. The Morgan fingerprint density at radius 2 is 2.00 bits per heavy atom. The van der Waals surface area contributed by atoms with E-state index in [0.717, 1.165) is 37.3 Å². The Balaban J connectivity index is 0.00000300. The van der Waals surface area contributed by atoms with Crippen molar-refractivity contribution in [3.63, 3.8) is 0 Å². The van der Waals surface area contributed by atoms with E-state index < -0.39 is 0 Å². The number of carbonyl (C=O) groups excluding carboxylic acids is 1. The summed E-state index contributed by atoms with van der Waals surface area (Å²) in [5.41, 5.74) is 7.19. The maximum atomic E-state index is 11.8. The van der Waals surface area contributed by atoms with Gasteiger partial charge in [-0.1, -0.05) is 0 Å². The molecule has 0 aliphatic carbocycles. The van der Waals surface area contributed by atoms with E-state index in [4.69, 9.17) is 10.5 Å². The van der Waals surface area contributed by atoms with Crippen LogP contribution in [0.1, 0.15) is 44.6 Å². The number of carbonyl (C=O) groups is 1. The van der Waals surface area contributed by atoms with Crippen molar-refractivity contribution in [2.75, 3.05) is 37.7 Å². The highest BCUT2D eigenvalue weighted by atomic mass is 127. The van der Waals surface area contributed by atoms with E-state index in [1.54, 1.807) is 4.90 Å². The van der Waals surface area contributed by atoms with E-state index in [9.17, 15) is 4.79 Å². The topological polar surface area (TPSA) is 96.1 Å². The fourth-order valence-electron chi connectivity index (χ4n) is 3.71. The lowest BCUT2D eigenvalue weighted by Gasteiger charge is -2.31. The Morgan fingerprint density at radius 3 is 2.69 bits per heavy atom. The summed E-state index contributed by atoms with van der Waals surface area (Å²) in [7, 11) is 0. The van der Waals surface area contributed by atoms with Gasteiger partial charge in [0.25, 0.3) is 0 Å². The summed E-state index contributed by atoms with van der Waals surface area (Å²) in [5, 5.41) is 3.28. The summed E-state index contributed by atoms with van der Waals surface area (Å²) in [6.45, 7) is 6.26. The molecule has 0 bridgehead atoms. The molecule has 0 aromatic carbocycles. The summed E-state index contributed by atoms with van der Waals surface area (Å²) in [4.78, 5) is 24.8. The highest BCUT2D eigenvalue weighted by molar-refractivity contribution is 14.0. The average molecular weight is 516 g/mol. The predicted molar refractivity (Wildman–Crippen MR) is 126 cm³/mol. The number of nitrogens with two attached hydrogens (primary N) is 1. The molecule has 2 fully saturated rings. The molecule has 1 aromatic heterocycles. The van der Waals surface area contributed by atoms with Crippen molar-refractivity contribution in [1.29, 1.82) is 0 Å². The van der Waals surface area contributed by atoms with Crippen molar-refractivity contribution < 1.29 is 9.53 Å². The number of nitrogens with zero attached hydrogens (tertiary/aromatic N) is 4. The van der Waals surface area contributed by atoms with E-state index in [-0.39, 0.29) is 36.1 Å². The number of aliphatic imine (C=N–C) groups is 1. The molecule has 0 unspecified atom stereocenters. The number of ether oxygens (including phenoxy) is 1. The van der Waals surface area contributed by atoms with Crippen LogP contribution in [-0.2, 0) is 11.3 Å². The van der Waals surface area contributed by atoms with Crippen LogP contribution < -0.4 is 16.0 Å². The Bertz CT molecular complexity index is 673. The summed E-state index contributed by atoms with van der Waals surface area (Å²) in [6, 6.07) is 4.33. The Hall–Kier alpha value is -1.78. The molecule has 9 heteroatoms. The number of amides is 1. The number of piperidine rings is 2. The molecule has 0 atom stereocenters. The van der Waals surface area contributed by atoms with Gasteiger partial charge in [0.1, 0.15) is 5.82 Å². The van der Waals surface area contributed by atoms with Gasteiger partial charge in [-0.2, -0.15) is 0 Å². The Labute approximate surface area is 190 Å². The number of nitrogens with one attached hydrogen (secondary N) is 1. The first kappa shape index (κ1) is 23.5. The number of anilines is 1. The molecule has 1 aromatic rings. The molecular weight excluding hydrogens is 483 g/mol. The fourth-order valence-corrected chi connectivity index (χ4v) is 3.71. The summed E-state index contributed by atoms with van der Waals surface area (Å²) in [5.74, 6) is 1.48. The van der Waals surface area contributed by atoms with Gasteiger partial charge in [-0.3, -0.25) is 0 Å². The summed E-state index contributed by atoms with van der Waals surface area (Å²) < 4.78 is 5.05. The van der Waals surface area contributed by atoms with Gasteiger partial charge in [0.05, 0.1) is 13.2 Å². The highest BCUT2D eigenvalue weighted by Crippen LogP contribution is 2.18. The first-order valence-corrected chi connectivity index (χ1v) is 10.3. The van der Waals surface area contributed by atoms with E-state index in [1.165, 1.54) is 19.3 Å². The van der Waals surface area contributed by atoms with Gasteiger partial charge in [0.2, 0.25) is 0 Å². The molecule has 2 saturated heterocycles. The van der Waals surface area contributed by atoms with Gasteiger partial charge in [0.15, 0.2) is 5.96 Å². The van der Waals surface area contributed by atoms with E-state index in [0.29, 0.717) is 32.2 Å². The molecule has 1 amide bonds. The molecule has 3 N–H and O–H groups in total. The second kappa shape index (κ2) is 12.0. The molecule has 3 rings (SSSR count). The second-order valence-electron chi connectivity index (χ2n) is 7.38. The molecule has 8 nitrogen and oxygen atoms in total. The molecular formula is C20H33IN6O2. The van der Waals surface area contributed by atoms with Gasteiger partial charge in [-0.15, -0.1) is 24.0 Å². The van der Waals surface area contributed by atoms with Crippen LogP contribution in [0.25, 0.3) is 0 Å². The first-order valence-electron chi connectivity index (χ1n) is 10.3. The second-order valence-corrected chi connectivity index (χ2v) is 7.38. The molecule has 0 radical (unpaired) electrons. The lowest BCUT2D eigenvalue weighted by molar-refractivity contribution is 0.0963. The monoisotopic (exact) mass is 516 g/mol. The number of likely N-dealkylation sites (tertiary alicyclic amines) is 1. The molecule has 0 saturated carbocycles. The number of hydrogen-bond donors (Lipinski definition) is 2. The zero-order valence-corrected chi connectivity index (χ0v) is 19.5. The Morgan fingerprint density at radius 1 is 1.28 bits per heavy atom. The minimum Gasteiger partial charge on any atom is -0.450 e. The normalized spacial score (nSPS) is 18.2. The number of guanidine groups is 1. The standard InChI is InChI=1S/C20H32N6O2.HI/c1-2-28-20(27)26-12-7-17(8-13-26)24-19(21)23-15-16-6-9-22-18(14-16)25-10-4-3-5-11-25;/h6,9,14,17H,2-5,7-8,10-13,15H2,1H3,(H3,21,23,24);1H. The van der Waals surface area contributed by atoms with Crippen LogP contribution in [0, 0.1) is 0 Å². The summed E-state index contributed by atoms with van der Waals surface area (Å²) >= 11 is 0. The van der Waals surface area contributed by atoms with Gasteiger partial charge in [-0.25, -0.2) is 14.8 Å². The van der Waals surface area contributed by atoms with Gasteiger partial charge in [0, 0.05) is 38.4 Å². The zero-order valence-electron chi connectivity index (χ0n) is 17.2. The van der Waals surface area contributed by atoms with Crippen molar-refractivity contribution in [2.24, 2.45) is 10.7 Å². The van der Waals surface area contributed by atoms with E-state index in [2.05, 4.69) is 26.3 Å². The van der Waals surface area contributed by atoms with Gasteiger partial charge in [-0.05, 0) is 56.7 Å². The van der Waals surface area contributed by atoms with Crippen molar-refractivity contribution in [1.82, 2.24) is 15.2 Å². The number of pyridine rings is 1. The maximum Gasteiger partial charge on any atom is 0.409 e. The first-order chi connectivity index (χ1) is 13.7. The predicted octanol–water partition coefficient (Wildman–Crippen LogP) is 2.72. The highest BCUT2D eigenvalue weighted by Gasteiger charge is 2.23. The van der Waals surface area contributed by atoms with Crippen LogP contribution in [-0.4, -0.2) is 60.8 Å². The minimum atomic E-state index is -0.232. The molecule has 3 heterocycles. The lowest BCUT2D eigenvalue weighted by atomic mass is 10.1. The smallest absolute Gasteiger partial charge is 0.409 e. The molecule has 162 valence electrons. The van der Waals surface area contributed by atoms with Crippen molar-refractivity contribution in [3.8, 4) is 0 Å². The average Bonchev–Trinajstić information content (AvgIpc) is 2.74. The number of hydrogen-bond acceptors (Lipinski definition) is 5. The van der Waals surface area contributed by atoms with Gasteiger partial charge < -0.3 is 25.6 Å². The van der Waals surface area contributed by atoms with Crippen molar-refractivity contribution >= 4 is 41.8 Å². The summed E-state index contributed by atoms with van der Waals surface area (Å²) in [6.07, 6.45) is 7.06.